The summed E-state index contributed by atoms with van der Waals surface area (Å²) in [6.45, 7) is 0. The number of H-pyrrole nitrogens is 1. The number of pyridine rings is 1. The molecule has 0 radical (unpaired) electrons. The Kier molecular flexibility index (Phi) is 2.48. The van der Waals surface area contributed by atoms with Gasteiger partial charge in [-0.3, -0.25) is 9.35 Å². The molecular formula is C15H9NO5S. The minimum atomic E-state index is -4.32. The van der Waals surface area contributed by atoms with Gasteiger partial charge in [-0.25, -0.2) is 0 Å². The SMILES string of the molecule is O=c1[nH]cc2c3c(cccc13)Oc1ccc(S(=O)(=O)O)cc1-2. The summed E-state index contributed by atoms with van der Waals surface area (Å²) in [6.07, 6.45) is 1.52. The van der Waals surface area contributed by atoms with E-state index in [4.69, 9.17) is 4.74 Å². The van der Waals surface area contributed by atoms with Gasteiger partial charge in [0, 0.05) is 22.7 Å². The van der Waals surface area contributed by atoms with Crippen molar-refractivity contribution in [2.45, 2.75) is 4.90 Å². The highest BCUT2D eigenvalue weighted by molar-refractivity contribution is 7.85. The van der Waals surface area contributed by atoms with E-state index in [2.05, 4.69) is 4.98 Å². The molecule has 1 aliphatic rings. The van der Waals surface area contributed by atoms with Crippen LogP contribution in [0, 0.1) is 0 Å². The lowest BCUT2D eigenvalue weighted by Gasteiger charge is -2.21. The van der Waals surface area contributed by atoms with Crippen molar-refractivity contribution >= 4 is 20.9 Å². The third-order valence-electron chi connectivity index (χ3n) is 3.65. The molecule has 6 nitrogen and oxygen atoms in total. The van der Waals surface area contributed by atoms with Crippen molar-refractivity contribution in [3.8, 4) is 22.6 Å². The minimum Gasteiger partial charge on any atom is -0.456 e. The van der Waals surface area contributed by atoms with Gasteiger partial charge in [-0.1, -0.05) is 6.07 Å². The second kappa shape index (κ2) is 4.19. The van der Waals surface area contributed by atoms with Crippen molar-refractivity contribution in [2.75, 3.05) is 0 Å². The predicted octanol–water partition coefficient (Wildman–Crippen LogP) is 2.55. The van der Waals surface area contributed by atoms with Gasteiger partial charge in [0.1, 0.15) is 11.5 Å². The Bertz CT molecular complexity index is 1100. The van der Waals surface area contributed by atoms with E-state index in [0.29, 0.717) is 33.4 Å². The number of ether oxygens (including phenoxy) is 1. The number of aromatic nitrogens is 1. The predicted molar refractivity (Wildman–Crippen MR) is 79.9 cm³/mol. The van der Waals surface area contributed by atoms with Crippen LogP contribution in [0.25, 0.3) is 21.9 Å². The first kappa shape index (κ1) is 13.1. The van der Waals surface area contributed by atoms with Crippen molar-refractivity contribution in [1.29, 1.82) is 0 Å². The van der Waals surface area contributed by atoms with Crippen molar-refractivity contribution in [2.24, 2.45) is 0 Å². The number of benzene rings is 2. The molecule has 0 saturated carbocycles. The van der Waals surface area contributed by atoms with Crippen LogP contribution in [0.5, 0.6) is 11.5 Å². The van der Waals surface area contributed by atoms with Gasteiger partial charge in [0.25, 0.3) is 15.7 Å². The molecule has 4 rings (SSSR count). The van der Waals surface area contributed by atoms with Gasteiger partial charge in [-0.15, -0.1) is 0 Å². The number of hydrogen-bond donors (Lipinski definition) is 2. The van der Waals surface area contributed by atoms with E-state index in [1.807, 2.05) is 0 Å². The van der Waals surface area contributed by atoms with Gasteiger partial charge in [0.2, 0.25) is 0 Å². The summed E-state index contributed by atoms with van der Waals surface area (Å²) >= 11 is 0. The Hall–Kier alpha value is -2.64. The Morgan fingerprint density at radius 2 is 1.86 bits per heavy atom. The van der Waals surface area contributed by atoms with Crippen LogP contribution in [0.4, 0.5) is 0 Å². The zero-order valence-corrected chi connectivity index (χ0v) is 11.8. The fraction of sp³-hybridized carbons (Fsp3) is 0. The molecule has 7 heteroatoms. The van der Waals surface area contributed by atoms with Gasteiger partial charge >= 0.3 is 0 Å². The Balaban J connectivity index is 2.13. The van der Waals surface area contributed by atoms with Crippen LogP contribution in [0.3, 0.4) is 0 Å². The second-order valence-electron chi connectivity index (χ2n) is 4.95. The summed E-state index contributed by atoms with van der Waals surface area (Å²) in [5.41, 5.74) is 0.894. The topological polar surface area (TPSA) is 96.5 Å². The maximum Gasteiger partial charge on any atom is 0.294 e. The van der Waals surface area contributed by atoms with Crippen LogP contribution >= 0.6 is 0 Å². The third-order valence-corrected chi connectivity index (χ3v) is 4.50. The molecule has 2 heterocycles. The lowest BCUT2D eigenvalue weighted by atomic mass is 9.97. The monoisotopic (exact) mass is 315 g/mol. The summed E-state index contributed by atoms with van der Waals surface area (Å²) < 4.78 is 37.6. The van der Waals surface area contributed by atoms with Crippen LogP contribution in [0.2, 0.25) is 0 Å². The number of nitrogens with one attached hydrogen (secondary N) is 1. The first-order chi connectivity index (χ1) is 10.4. The van der Waals surface area contributed by atoms with Gasteiger partial charge < -0.3 is 9.72 Å². The standard InChI is InChI=1S/C15H9NO5S/c17-15-9-2-1-3-13-14(9)11(7-16-15)10-6-8(22(18,19)20)4-5-12(10)21-13/h1-7H,(H,16,17)(H,18,19,20). The Morgan fingerprint density at radius 1 is 1.05 bits per heavy atom. The van der Waals surface area contributed by atoms with Crippen LogP contribution in [0.1, 0.15) is 0 Å². The molecule has 2 N–H and O–H groups in total. The smallest absolute Gasteiger partial charge is 0.294 e. The summed E-state index contributed by atoms with van der Waals surface area (Å²) in [6, 6.07) is 9.20. The quantitative estimate of drug-likeness (QED) is 0.526. The highest BCUT2D eigenvalue weighted by Crippen LogP contribution is 2.45. The van der Waals surface area contributed by atoms with Crippen LogP contribution in [0.15, 0.2) is 52.3 Å². The lowest BCUT2D eigenvalue weighted by molar-refractivity contribution is 0.480. The normalized spacial score (nSPS) is 12.8. The molecule has 0 fully saturated rings. The molecule has 22 heavy (non-hydrogen) atoms. The highest BCUT2D eigenvalue weighted by Gasteiger charge is 2.23. The van der Waals surface area contributed by atoms with E-state index >= 15 is 0 Å². The minimum absolute atomic E-state index is 0.228. The van der Waals surface area contributed by atoms with E-state index in [1.165, 1.54) is 24.4 Å². The average molecular weight is 315 g/mol. The second-order valence-corrected chi connectivity index (χ2v) is 6.37. The van der Waals surface area contributed by atoms with Crippen LogP contribution < -0.4 is 10.3 Å². The van der Waals surface area contributed by atoms with Gasteiger partial charge in [-0.05, 0) is 30.3 Å². The Labute approximate surface area is 124 Å². The molecule has 3 aromatic rings. The maximum absolute atomic E-state index is 11.9. The van der Waals surface area contributed by atoms with E-state index in [0.717, 1.165) is 0 Å². The van der Waals surface area contributed by atoms with Crippen molar-refractivity contribution < 1.29 is 17.7 Å². The molecule has 0 bridgehead atoms. The molecule has 0 atom stereocenters. The number of aromatic amines is 1. The molecule has 0 spiro atoms. The Morgan fingerprint density at radius 3 is 2.64 bits per heavy atom. The van der Waals surface area contributed by atoms with E-state index in [1.54, 1.807) is 18.2 Å². The molecule has 0 amide bonds. The van der Waals surface area contributed by atoms with Gasteiger partial charge in [0.15, 0.2) is 0 Å². The summed E-state index contributed by atoms with van der Waals surface area (Å²) in [5, 5.41) is 1.07. The van der Waals surface area contributed by atoms with Crippen molar-refractivity contribution in [3.63, 3.8) is 0 Å². The highest BCUT2D eigenvalue weighted by atomic mass is 32.2. The van der Waals surface area contributed by atoms with Crippen LogP contribution in [-0.2, 0) is 10.1 Å². The van der Waals surface area contributed by atoms with Crippen LogP contribution in [-0.4, -0.2) is 18.0 Å². The first-order valence-corrected chi connectivity index (χ1v) is 7.83. The number of rotatable bonds is 1. The molecular weight excluding hydrogens is 306 g/mol. The summed E-state index contributed by atoms with van der Waals surface area (Å²) in [7, 11) is -4.32. The molecule has 0 aliphatic carbocycles. The molecule has 110 valence electrons. The molecule has 2 aromatic carbocycles. The fourth-order valence-corrected chi connectivity index (χ4v) is 3.18. The molecule has 0 saturated heterocycles. The summed E-state index contributed by atoms with van der Waals surface area (Å²) in [4.78, 5) is 14.3. The zero-order valence-electron chi connectivity index (χ0n) is 11.0. The maximum atomic E-state index is 11.9. The van der Waals surface area contributed by atoms with E-state index in [-0.39, 0.29) is 10.5 Å². The third kappa shape index (κ3) is 1.76. The van der Waals surface area contributed by atoms with Crippen molar-refractivity contribution in [3.05, 3.63) is 52.9 Å². The molecule has 1 aromatic heterocycles. The average Bonchev–Trinajstić information content (AvgIpc) is 2.48. The van der Waals surface area contributed by atoms with Crippen molar-refractivity contribution in [1.82, 2.24) is 4.98 Å². The first-order valence-electron chi connectivity index (χ1n) is 6.39. The van der Waals surface area contributed by atoms with E-state index < -0.39 is 10.1 Å². The molecule has 0 unspecified atom stereocenters. The summed E-state index contributed by atoms with van der Waals surface area (Å²) in [5.74, 6) is 0.991. The number of fused-ring (bicyclic) bond motifs is 2. The lowest BCUT2D eigenvalue weighted by Crippen LogP contribution is -2.09. The van der Waals surface area contributed by atoms with E-state index in [9.17, 15) is 17.8 Å². The zero-order chi connectivity index (χ0) is 15.5. The van der Waals surface area contributed by atoms with Gasteiger partial charge in [-0.2, -0.15) is 8.42 Å². The molecule has 1 aliphatic heterocycles. The van der Waals surface area contributed by atoms with Gasteiger partial charge in [0.05, 0.1) is 10.3 Å². The largest absolute Gasteiger partial charge is 0.456 e. The fourth-order valence-electron chi connectivity index (χ4n) is 2.67. The number of hydrogen-bond acceptors (Lipinski definition) is 4.